The largest absolute Gasteiger partial charge is 0.573 e. The molecule has 0 saturated carbocycles. The third-order valence-electron chi connectivity index (χ3n) is 4.02. The number of ether oxygens (including phenoxy) is 2. The molecule has 3 aromatic rings. The van der Waals surface area contributed by atoms with Crippen LogP contribution in [0.4, 0.5) is 13.2 Å². The first kappa shape index (κ1) is 21.6. The number of pyridine rings is 1. The van der Waals surface area contributed by atoms with Crippen LogP contribution in [0.1, 0.15) is 34.2 Å². The fourth-order valence-electron chi connectivity index (χ4n) is 2.65. The Hall–Kier alpha value is -3.14. The summed E-state index contributed by atoms with van der Waals surface area (Å²) >= 11 is 1.26. The highest BCUT2D eigenvalue weighted by Gasteiger charge is 2.30. The van der Waals surface area contributed by atoms with E-state index in [0.29, 0.717) is 12.3 Å². The highest BCUT2D eigenvalue weighted by molar-refractivity contribution is 7.03. The number of rotatable bonds is 3. The highest BCUT2D eigenvalue weighted by Crippen LogP contribution is 2.29. The number of benzene rings is 1. The number of nitrogens with zero attached hydrogens (tertiary/aromatic N) is 2. The highest BCUT2D eigenvalue weighted by atomic mass is 32.1. The molecule has 1 aliphatic rings. The van der Waals surface area contributed by atoms with Crippen LogP contribution < -0.4 is 14.8 Å². The van der Waals surface area contributed by atoms with Gasteiger partial charge in [-0.2, -0.15) is 4.37 Å². The standard InChI is InChI=1S/C12H11N3O2S.C8H7F3O/c16-12(9-4-7-18-15-9)14-8-3-6-17-10-2-1-5-13-11(8)10;1-6-2-4-7(5-3-6)12-8(9,10)11/h1-2,4-5,7-8H,3,6H2,(H,14,16);2-5H,1H3. The van der Waals surface area contributed by atoms with Crippen LogP contribution >= 0.6 is 11.5 Å². The zero-order valence-electron chi connectivity index (χ0n) is 15.8. The average molecular weight is 437 g/mol. The van der Waals surface area contributed by atoms with Crippen molar-refractivity contribution in [2.45, 2.75) is 25.7 Å². The van der Waals surface area contributed by atoms with Gasteiger partial charge in [-0.05, 0) is 48.8 Å². The predicted molar refractivity (Wildman–Crippen MR) is 105 cm³/mol. The van der Waals surface area contributed by atoms with E-state index in [9.17, 15) is 18.0 Å². The van der Waals surface area contributed by atoms with Crippen molar-refractivity contribution < 1.29 is 27.4 Å². The number of nitrogens with one attached hydrogen (secondary N) is 1. The third-order valence-corrected chi connectivity index (χ3v) is 4.58. The number of fused-ring (bicyclic) bond motifs is 1. The van der Waals surface area contributed by atoms with E-state index in [1.165, 1.54) is 23.7 Å². The molecule has 1 amide bonds. The van der Waals surface area contributed by atoms with Crippen LogP contribution in [-0.2, 0) is 0 Å². The van der Waals surface area contributed by atoms with Crippen LogP contribution in [-0.4, -0.2) is 28.2 Å². The van der Waals surface area contributed by atoms with Crippen molar-refractivity contribution >= 4 is 17.4 Å². The molecule has 6 nitrogen and oxygen atoms in total. The van der Waals surface area contributed by atoms with Crippen LogP contribution in [0.3, 0.4) is 0 Å². The van der Waals surface area contributed by atoms with Gasteiger partial charge in [0.2, 0.25) is 0 Å². The summed E-state index contributed by atoms with van der Waals surface area (Å²) in [5.74, 6) is 0.389. The van der Waals surface area contributed by atoms with Crippen molar-refractivity contribution in [2.75, 3.05) is 6.61 Å². The molecule has 1 aromatic carbocycles. The molecule has 0 radical (unpaired) electrons. The Morgan fingerprint density at radius 3 is 2.67 bits per heavy atom. The lowest BCUT2D eigenvalue weighted by molar-refractivity contribution is -0.274. The van der Waals surface area contributed by atoms with E-state index >= 15 is 0 Å². The van der Waals surface area contributed by atoms with Crippen LogP contribution in [0.2, 0.25) is 0 Å². The van der Waals surface area contributed by atoms with Crippen molar-refractivity contribution in [3.05, 3.63) is 71.0 Å². The number of carbonyl (C=O) groups excluding carboxylic acids is 1. The van der Waals surface area contributed by atoms with Gasteiger partial charge in [0.25, 0.3) is 5.91 Å². The molecular weight excluding hydrogens is 419 g/mol. The maximum Gasteiger partial charge on any atom is 0.573 e. The van der Waals surface area contributed by atoms with Gasteiger partial charge in [-0.3, -0.25) is 9.78 Å². The minimum absolute atomic E-state index is 0.107. The van der Waals surface area contributed by atoms with Crippen LogP contribution in [0.5, 0.6) is 11.5 Å². The lowest BCUT2D eigenvalue weighted by Gasteiger charge is -2.25. The molecule has 0 bridgehead atoms. The summed E-state index contributed by atoms with van der Waals surface area (Å²) < 4.78 is 48.0. The first-order valence-corrected chi connectivity index (χ1v) is 9.77. The van der Waals surface area contributed by atoms with E-state index in [1.54, 1.807) is 36.7 Å². The van der Waals surface area contributed by atoms with Crippen molar-refractivity contribution in [1.82, 2.24) is 14.7 Å². The van der Waals surface area contributed by atoms with Crippen molar-refractivity contribution in [3.63, 3.8) is 0 Å². The zero-order valence-corrected chi connectivity index (χ0v) is 16.7. The summed E-state index contributed by atoms with van der Waals surface area (Å²) in [6.45, 7) is 2.37. The van der Waals surface area contributed by atoms with Crippen LogP contribution in [0, 0.1) is 6.92 Å². The Morgan fingerprint density at radius 1 is 1.23 bits per heavy atom. The minimum atomic E-state index is -4.60. The quantitative estimate of drug-likeness (QED) is 0.644. The van der Waals surface area contributed by atoms with Gasteiger partial charge in [-0.1, -0.05) is 17.7 Å². The van der Waals surface area contributed by atoms with Gasteiger partial charge in [-0.15, -0.1) is 13.2 Å². The molecular formula is C20H18F3N3O3S. The lowest BCUT2D eigenvalue weighted by Crippen LogP contribution is -2.32. The monoisotopic (exact) mass is 437 g/mol. The van der Waals surface area contributed by atoms with Crippen molar-refractivity contribution in [1.29, 1.82) is 0 Å². The zero-order chi connectivity index (χ0) is 21.6. The normalized spacial score (nSPS) is 15.1. The smallest absolute Gasteiger partial charge is 0.491 e. The van der Waals surface area contributed by atoms with Crippen LogP contribution in [0.25, 0.3) is 0 Å². The Bertz CT molecular complexity index is 963. The molecule has 3 heterocycles. The molecule has 4 rings (SSSR count). The number of carbonyl (C=O) groups is 1. The van der Waals surface area contributed by atoms with Gasteiger partial charge in [-0.25, -0.2) is 0 Å². The molecule has 2 aromatic heterocycles. The van der Waals surface area contributed by atoms with Gasteiger partial charge in [0.05, 0.1) is 12.6 Å². The Kier molecular flexibility index (Phi) is 6.88. The van der Waals surface area contributed by atoms with Gasteiger partial charge < -0.3 is 14.8 Å². The van der Waals surface area contributed by atoms with Gasteiger partial charge in [0.15, 0.2) is 0 Å². The van der Waals surface area contributed by atoms with Gasteiger partial charge in [0, 0.05) is 18.0 Å². The number of alkyl halides is 3. The first-order chi connectivity index (χ1) is 14.3. The second kappa shape index (κ2) is 9.57. The summed E-state index contributed by atoms with van der Waals surface area (Å²) in [6.07, 6.45) is -2.18. The fraction of sp³-hybridized carbons (Fsp3) is 0.250. The Labute approximate surface area is 174 Å². The molecule has 0 aliphatic carbocycles. The van der Waals surface area contributed by atoms with E-state index in [2.05, 4.69) is 19.4 Å². The molecule has 1 aliphatic heterocycles. The molecule has 1 N–H and O–H groups in total. The van der Waals surface area contributed by atoms with E-state index < -0.39 is 6.36 Å². The number of hydrogen-bond donors (Lipinski definition) is 1. The Morgan fingerprint density at radius 2 is 2.00 bits per heavy atom. The van der Waals surface area contributed by atoms with E-state index in [-0.39, 0.29) is 17.7 Å². The van der Waals surface area contributed by atoms with E-state index in [4.69, 9.17) is 4.74 Å². The molecule has 0 fully saturated rings. The molecule has 30 heavy (non-hydrogen) atoms. The van der Waals surface area contributed by atoms with Gasteiger partial charge >= 0.3 is 6.36 Å². The summed E-state index contributed by atoms with van der Waals surface area (Å²) in [5.41, 5.74) is 2.13. The summed E-state index contributed by atoms with van der Waals surface area (Å²) in [6, 6.07) is 11.0. The third kappa shape index (κ3) is 6.18. The topological polar surface area (TPSA) is 73.3 Å². The maximum absolute atomic E-state index is 11.9. The SMILES string of the molecule is Cc1ccc(OC(F)(F)F)cc1.O=C(NC1CCOc2cccnc21)c1ccsn1. The molecule has 1 atom stereocenters. The second-order valence-corrected chi connectivity index (χ2v) is 6.96. The molecule has 0 spiro atoms. The van der Waals surface area contributed by atoms with E-state index in [1.807, 2.05) is 12.1 Å². The van der Waals surface area contributed by atoms with E-state index in [0.717, 1.165) is 23.4 Å². The Balaban J connectivity index is 0.000000187. The van der Waals surface area contributed by atoms with Crippen LogP contribution in [0.15, 0.2) is 54.0 Å². The number of hydrogen-bond acceptors (Lipinski definition) is 6. The maximum atomic E-state index is 11.9. The lowest BCUT2D eigenvalue weighted by atomic mass is 10.1. The number of amides is 1. The average Bonchev–Trinajstić information content (AvgIpc) is 3.25. The summed E-state index contributed by atoms with van der Waals surface area (Å²) in [4.78, 5) is 16.2. The molecule has 1 unspecified atom stereocenters. The predicted octanol–water partition coefficient (Wildman–Crippen LogP) is 4.69. The summed E-state index contributed by atoms with van der Waals surface area (Å²) in [7, 11) is 0. The molecule has 10 heteroatoms. The first-order valence-electron chi connectivity index (χ1n) is 8.93. The number of aryl methyl sites for hydroxylation is 1. The van der Waals surface area contributed by atoms with Crippen molar-refractivity contribution in [3.8, 4) is 11.5 Å². The second-order valence-electron chi connectivity index (χ2n) is 6.30. The molecule has 158 valence electrons. The molecule has 0 saturated heterocycles. The summed E-state index contributed by atoms with van der Waals surface area (Å²) in [5, 5.41) is 4.72. The number of halogens is 3. The van der Waals surface area contributed by atoms with Gasteiger partial charge in [0.1, 0.15) is 22.9 Å². The number of aromatic nitrogens is 2. The van der Waals surface area contributed by atoms with Crippen molar-refractivity contribution in [2.24, 2.45) is 0 Å². The minimum Gasteiger partial charge on any atom is -0.491 e. The fourth-order valence-corrected chi connectivity index (χ4v) is 3.16.